The van der Waals surface area contributed by atoms with E-state index in [-0.39, 0.29) is 18.0 Å². The van der Waals surface area contributed by atoms with Crippen LogP contribution >= 0.6 is 12.4 Å². The maximum Gasteiger partial charge on any atom is 0.252 e. The summed E-state index contributed by atoms with van der Waals surface area (Å²) in [6.45, 7) is 0.621. The lowest BCUT2D eigenvalue weighted by Gasteiger charge is -1.95. The first-order valence-corrected chi connectivity index (χ1v) is 3.16. The van der Waals surface area contributed by atoms with Gasteiger partial charge in [0.15, 0.2) is 0 Å². The highest BCUT2D eigenvalue weighted by atomic mass is 35.5. The number of pyridine rings is 1. The van der Waals surface area contributed by atoms with Gasteiger partial charge in [0, 0.05) is 18.3 Å². The van der Waals surface area contributed by atoms with Gasteiger partial charge in [-0.25, -0.2) is 0 Å². The average molecular weight is 175 g/mol. The minimum atomic E-state index is -0.0168. The molecule has 1 heterocycles. The van der Waals surface area contributed by atoms with Crippen LogP contribution in [0, 0.1) is 0 Å². The van der Waals surface area contributed by atoms with Crippen molar-refractivity contribution in [3.05, 3.63) is 34.2 Å². The van der Waals surface area contributed by atoms with Crippen molar-refractivity contribution in [2.45, 2.75) is 6.54 Å². The molecule has 0 amide bonds. The monoisotopic (exact) mass is 174 g/mol. The average Bonchev–Trinajstić information content (AvgIpc) is 1.94. The van der Waals surface area contributed by atoms with E-state index < -0.39 is 0 Å². The van der Waals surface area contributed by atoms with Gasteiger partial charge in [-0.1, -0.05) is 6.07 Å². The van der Waals surface area contributed by atoms with Crippen molar-refractivity contribution >= 4 is 12.4 Å². The van der Waals surface area contributed by atoms with E-state index >= 15 is 0 Å². The van der Waals surface area contributed by atoms with Crippen LogP contribution in [0.3, 0.4) is 0 Å². The molecule has 0 radical (unpaired) electrons. The minimum absolute atomic E-state index is 0. The summed E-state index contributed by atoms with van der Waals surface area (Å²) >= 11 is 0. The number of hydrogen-bond donors (Lipinski definition) is 2. The Bertz CT molecular complexity index is 259. The summed E-state index contributed by atoms with van der Waals surface area (Å²) in [6.07, 6.45) is 1.63. The Hall–Kier alpha value is -0.800. The summed E-state index contributed by atoms with van der Waals surface area (Å²) in [5.74, 6) is 0. The molecule has 0 aliphatic rings. The van der Waals surface area contributed by atoms with Gasteiger partial charge in [0.1, 0.15) is 0 Å². The lowest BCUT2D eigenvalue weighted by molar-refractivity contribution is 0.805. The van der Waals surface area contributed by atoms with Crippen molar-refractivity contribution in [1.82, 2.24) is 10.3 Å². The molecule has 1 aromatic rings. The van der Waals surface area contributed by atoms with E-state index in [1.807, 2.05) is 13.1 Å². The van der Waals surface area contributed by atoms with Gasteiger partial charge in [-0.05, 0) is 13.1 Å². The van der Waals surface area contributed by atoms with Crippen LogP contribution < -0.4 is 10.9 Å². The Labute approximate surface area is 71.2 Å². The summed E-state index contributed by atoms with van der Waals surface area (Å²) in [4.78, 5) is 13.5. The molecular formula is C7H11ClN2O. The summed E-state index contributed by atoms with van der Waals surface area (Å²) in [7, 11) is 1.81. The maximum atomic E-state index is 10.9. The first-order valence-electron chi connectivity index (χ1n) is 3.16. The topological polar surface area (TPSA) is 44.9 Å². The van der Waals surface area contributed by atoms with Gasteiger partial charge in [0.05, 0.1) is 0 Å². The molecule has 11 heavy (non-hydrogen) atoms. The van der Waals surface area contributed by atoms with Crippen LogP contribution in [0.4, 0.5) is 0 Å². The Kier molecular flexibility index (Phi) is 4.57. The van der Waals surface area contributed by atoms with Crippen LogP contribution in [-0.2, 0) is 6.54 Å². The van der Waals surface area contributed by atoms with Gasteiger partial charge in [-0.15, -0.1) is 12.4 Å². The normalized spacial score (nSPS) is 8.82. The molecule has 1 aromatic heterocycles. The highest BCUT2D eigenvalue weighted by Crippen LogP contribution is 1.85. The van der Waals surface area contributed by atoms with Gasteiger partial charge >= 0.3 is 0 Å². The summed E-state index contributed by atoms with van der Waals surface area (Å²) in [6, 6.07) is 3.61. The van der Waals surface area contributed by atoms with E-state index in [0.29, 0.717) is 6.54 Å². The zero-order chi connectivity index (χ0) is 7.40. The Morgan fingerprint density at radius 1 is 1.64 bits per heavy atom. The minimum Gasteiger partial charge on any atom is -0.329 e. The Morgan fingerprint density at radius 2 is 2.36 bits per heavy atom. The van der Waals surface area contributed by atoms with Crippen molar-refractivity contribution in [2.24, 2.45) is 0 Å². The number of aromatic nitrogens is 1. The molecule has 62 valence electrons. The summed E-state index contributed by atoms with van der Waals surface area (Å²) < 4.78 is 0. The van der Waals surface area contributed by atoms with Crippen molar-refractivity contribution in [3.8, 4) is 0 Å². The molecule has 0 saturated carbocycles. The van der Waals surface area contributed by atoms with Crippen molar-refractivity contribution < 1.29 is 0 Å². The van der Waals surface area contributed by atoms with Gasteiger partial charge < -0.3 is 10.3 Å². The maximum absolute atomic E-state index is 10.9. The van der Waals surface area contributed by atoms with Crippen molar-refractivity contribution in [1.29, 1.82) is 0 Å². The lowest BCUT2D eigenvalue weighted by atomic mass is 10.3. The van der Waals surface area contributed by atoms with Crippen molar-refractivity contribution in [2.75, 3.05) is 7.05 Å². The van der Waals surface area contributed by atoms with E-state index in [4.69, 9.17) is 0 Å². The molecule has 0 spiro atoms. The fraction of sp³-hybridized carbons (Fsp3) is 0.286. The van der Waals surface area contributed by atoms with Crippen LogP contribution in [0.15, 0.2) is 23.1 Å². The first kappa shape index (κ1) is 10.2. The third-order valence-corrected chi connectivity index (χ3v) is 1.27. The number of halogens is 1. The number of aromatic amines is 1. The number of hydrogen-bond acceptors (Lipinski definition) is 2. The second-order valence-electron chi connectivity index (χ2n) is 2.05. The van der Waals surface area contributed by atoms with E-state index in [1.54, 1.807) is 12.3 Å². The predicted molar refractivity (Wildman–Crippen MR) is 47.1 cm³/mol. The fourth-order valence-corrected chi connectivity index (χ4v) is 0.786. The molecule has 4 heteroatoms. The van der Waals surface area contributed by atoms with E-state index in [1.165, 1.54) is 0 Å². The van der Waals surface area contributed by atoms with Crippen LogP contribution in [-0.4, -0.2) is 12.0 Å². The molecule has 0 saturated heterocycles. The number of H-pyrrole nitrogens is 1. The van der Waals surface area contributed by atoms with Gasteiger partial charge in [-0.3, -0.25) is 4.79 Å². The molecule has 0 aromatic carbocycles. The van der Waals surface area contributed by atoms with Crippen LogP contribution in [0.5, 0.6) is 0 Å². The summed E-state index contributed by atoms with van der Waals surface area (Å²) in [5, 5.41) is 2.90. The predicted octanol–water partition coefficient (Wildman–Crippen LogP) is 0.516. The van der Waals surface area contributed by atoms with Gasteiger partial charge in [0.25, 0.3) is 5.56 Å². The molecule has 0 fully saturated rings. The lowest BCUT2D eigenvalue weighted by Crippen LogP contribution is -2.17. The van der Waals surface area contributed by atoms with Gasteiger partial charge in [0.2, 0.25) is 0 Å². The van der Waals surface area contributed by atoms with Crippen LogP contribution in [0.1, 0.15) is 5.56 Å². The zero-order valence-electron chi connectivity index (χ0n) is 6.26. The third-order valence-electron chi connectivity index (χ3n) is 1.27. The molecular weight excluding hydrogens is 164 g/mol. The number of rotatable bonds is 2. The smallest absolute Gasteiger partial charge is 0.252 e. The standard InChI is InChI=1S/C7H10N2O.ClH/c1-8-5-6-3-2-4-9-7(6)10;/h2-4,8H,5H2,1H3,(H,9,10);1H. The fourth-order valence-electron chi connectivity index (χ4n) is 0.786. The molecule has 3 nitrogen and oxygen atoms in total. The van der Waals surface area contributed by atoms with Crippen LogP contribution in [0.25, 0.3) is 0 Å². The Morgan fingerprint density at radius 3 is 2.91 bits per heavy atom. The molecule has 0 bridgehead atoms. The van der Waals surface area contributed by atoms with E-state index in [0.717, 1.165) is 5.56 Å². The molecule has 0 unspecified atom stereocenters. The molecule has 0 aliphatic carbocycles. The highest BCUT2D eigenvalue weighted by Gasteiger charge is 1.92. The second-order valence-corrected chi connectivity index (χ2v) is 2.05. The molecule has 2 N–H and O–H groups in total. The first-order chi connectivity index (χ1) is 4.84. The highest BCUT2D eigenvalue weighted by molar-refractivity contribution is 5.85. The summed E-state index contributed by atoms with van der Waals surface area (Å²) in [5.41, 5.74) is 0.752. The largest absolute Gasteiger partial charge is 0.329 e. The van der Waals surface area contributed by atoms with Gasteiger partial charge in [-0.2, -0.15) is 0 Å². The number of nitrogens with one attached hydrogen (secondary N) is 2. The van der Waals surface area contributed by atoms with Crippen molar-refractivity contribution in [3.63, 3.8) is 0 Å². The quantitative estimate of drug-likeness (QED) is 0.687. The Balaban J connectivity index is 0.000001000. The third kappa shape index (κ3) is 2.74. The zero-order valence-corrected chi connectivity index (χ0v) is 7.07. The SMILES string of the molecule is CNCc1ccc[nH]c1=O.Cl. The molecule has 0 aliphatic heterocycles. The molecule has 0 atom stereocenters. The second kappa shape index (κ2) is 4.93. The van der Waals surface area contributed by atoms with E-state index in [2.05, 4.69) is 10.3 Å². The van der Waals surface area contributed by atoms with E-state index in [9.17, 15) is 4.79 Å². The molecule has 1 rings (SSSR count). The van der Waals surface area contributed by atoms with Crippen LogP contribution in [0.2, 0.25) is 0 Å².